The standard InChI is InChI=1S/C6H11NO2.Na/c1-7-4-2-3-5(7)6(8)9;/h5H,2-4H2,1H3,(H,8,9);/q;+1/p-1. The summed E-state index contributed by atoms with van der Waals surface area (Å²) in [5.41, 5.74) is 0. The summed E-state index contributed by atoms with van der Waals surface area (Å²) in [6, 6.07) is -0.329. The maximum absolute atomic E-state index is 10.3. The van der Waals surface area contributed by atoms with Crippen LogP contribution in [0.1, 0.15) is 12.8 Å². The van der Waals surface area contributed by atoms with Crippen molar-refractivity contribution in [2.24, 2.45) is 0 Å². The van der Waals surface area contributed by atoms with Crippen molar-refractivity contribution < 1.29 is 39.5 Å². The Kier molecular flexibility index (Phi) is 4.52. The molecule has 0 N–H and O–H groups in total. The molecule has 0 amide bonds. The second-order valence-electron chi connectivity index (χ2n) is 2.46. The van der Waals surface area contributed by atoms with Gasteiger partial charge in [0.05, 0.1) is 5.97 Å². The second kappa shape index (κ2) is 4.34. The van der Waals surface area contributed by atoms with E-state index in [1.165, 1.54) is 0 Å². The number of likely N-dealkylation sites (N-methyl/N-ethyl adjacent to an activating group) is 1. The Balaban J connectivity index is 0.000000810. The van der Waals surface area contributed by atoms with Gasteiger partial charge in [0.2, 0.25) is 0 Å². The van der Waals surface area contributed by atoms with E-state index in [0.29, 0.717) is 0 Å². The molecule has 1 aliphatic heterocycles. The van der Waals surface area contributed by atoms with Gasteiger partial charge in [-0.05, 0) is 26.4 Å². The molecule has 52 valence electrons. The molecule has 0 aromatic carbocycles. The van der Waals surface area contributed by atoms with Gasteiger partial charge in [-0.2, -0.15) is 0 Å². The van der Waals surface area contributed by atoms with Crippen LogP contribution >= 0.6 is 0 Å². The van der Waals surface area contributed by atoms with E-state index in [9.17, 15) is 9.90 Å². The molecule has 0 aromatic heterocycles. The van der Waals surface area contributed by atoms with E-state index in [-0.39, 0.29) is 35.6 Å². The van der Waals surface area contributed by atoms with Gasteiger partial charge in [0.25, 0.3) is 0 Å². The zero-order valence-corrected chi connectivity index (χ0v) is 8.46. The summed E-state index contributed by atoms with van der Waals surface area (Å²) in [6.45, 7) is 0.888. The van der Waals surface area contributed by atoms with Crippen LogP contribution in [0.3, 0.4) is 0 Å². The molecule has 10 heavy (non-hydrogen) atoms. The molecule has 1 unspecified atom stereocenters. The normalized spacial score (nSPS) is 25.9. The first-order chi connectivity index (χ1) is 4.22. The van der Waals surface area contributed by atoms with E-state index in [0.717, 1.165) is 19.4 Å². The van der Waals surface area contributed by atoms with E-state index in [1.807, 2.05) is 11.9 Å². The Labute approximate surface area is 82.7 Å². The van der Waals surface area contributed by atoms with E-state index in [2.05, 4.69) is 0 Å². The van der Waals surface area contributed by atoms with Crippen molar-refractivity contribution in [3.8, 4) is 0 Å². The van der Waals surface area contributed by atoms with Crippen LogP contribution in [0, 0.1) is 0 Å². The molecule has 0 aliphatic carbocycles. The van der Waals surface area contributed by atoms with Gasteiger partial charge in [0, 0.05) is 6.04 Å². The number of carbonyl (C=O) groups excluding carboxylic acids is 1. The van der Waals surface area contributed by atoms with Crippen molar-refractivity contribution >= 4 is 5.97 Å². The summed E-state index contributed by atoms with van der Waals surface area (Å²) in [5.74, 6) is -0.935. The molecule has 4 heteroatoms. The smallest absolute Gasteiger partial charge is 0.548 e. The molecule has 1 heterocycles. The first kappa shape index (κ1) is 10.4. The molecule has 0 aromatic rings. The first-order valence-electron chi connectivity index (χ1n) is 3.13. The number of likely N-dealkylation sites (tertiary alicyclic amines) is 1. The minimum atomic E-state index is -0.935. The first-order valence-corrected chi connectivity index (χ1v) is 3.13. The minimum absolute atomic E-state index is 0. The SMILES string of the molecule is CN1CCCC1C(=O)[O-].[Na+]. The number of carbonyl (C=O) groups is 1. The molecule has 1 saturated heterocycles. The van der Waals surface area contributed by atoms with Gasteiger partial charge >= 0.3 is 29.6 Å². The quantitative estimate of drug-likeness (QED) is 0.357. The number of carboxylic acid groups (broad SMARTS) is 1. The van der Waals surface area contributed by atoms with E-state index in [1.54, 1.807) is 0 Å². The van der Waals surface area contributed by atoms with Gasteiger partial charge in [-0.3, -0.25) is 4.90 Å². The van der Waals surface area contributed by atoms with E-state index >= 15 is 0 Å². The zero-order valence-electron chi connectivity index (χ0n) is 6.46. The number of carboxylic acids is 1. The fourth-order valence-corrected chi connectivity index (χ4v) is 1.21. The van der Waals surface area contributed by atoms with Gasteiger partial charge in [-0.25, -0.2) is 0 Å². The van der Waals surface area contributed by atoms with E-state index < -0.39 is 5.97 Å². The van der Waals surface area contributed by atoms with Crippen molar-refractivity contribution in [1.29, 1.82) is 0 Å². The third-order valence-corrected chi connectivity index (χ3v) is 1.79. The monoisotopic (exact) mass is 151 g/mol. The van der Waals surface area contributed by atoms with Gasteiger partial charge < -0.3 is 9.90 Å². The van der Waals surface area contributed by atoms with Crippen LogP contribution < -0.4 is 34.7 Å². The van der Waals surface area contributed by atoms with Crippen LogP contribution in [0.4, 0.5) is 0 Å². The van der Waals surface area contributed by atoms with Crippen LogP contribution in [0.25, 0.3) is 0 Å². The topological polar surface area (TPSA) is 43.4 Å². The Bertz CT molecular complexity index is 129. The Morgan fingerprint density at radius 2 is 2.30 bits per heavy atom. The van der Waals surface area contributed by atoms with Gasteiger partial charge in [0.15, 0.2) is 0 Å². The van der Waals surface area contributed by atoms with Crippen LogP contribution in [-0.2, 0) is 4.79 Å². The average Bonchev–Trinajstić information content (AvgIpc) is 2.13. The average molecular weight is 151 g/mol. The summed E-state index contributed by atoms with van der Waals surface area (Å²) >= 11 is 0. The van der Waals surface area contributed by atoms with E-state index in [4.69, 9.17) is 0 Å². The number of hydrogen-bond acceptors (Lipinski definition) is 3. The molecule has 1 aliphatic rings. The minimum Gasteiger partial charge on any atom is -0.548 e. The van der Waals surface area contributed by atoms with Crippen LogP contribution in [0.15, 0.2) is 0 Å². The third kappa shape index (κ3) is 2.23. The summed E-state index contributed by atoms with van der Waals surface area (Å²) in [6.07, 6.45) is 1.73. The molecule has 1 fully saturated rings. The van der Waals surface area contributed by atoms with Gasteiger partial charge in [-0.15, -0.1) is 0 Å². The van der Waals surface area contributed by atoms with Crippen LogP contribution in [-0.4, -0.2) is 30.5 Å². The number of nitrogens with zero attached hydrogens (tertiary/aromatic N) is 1. The Hall–Kier alpha value is 0.430. The van der Waals surface area contributed by atoms with Gasteiger partial charge in [-0.1, -0.05) is 0 Å². The molecular weight excluding hydrogens is 141 g/mol. The maximum Gasteiger partial charge on any atom is 1.00 e. The van der Waals surface area contributed by atoms with Crippen molar-refractivity contribution in [2.75, 3.05) is 13.6 Å². The fraction of sp³-hybridized carbons (Fsp3) is 0.833. The molecular formula is C6H10NNaO2. The number of rotatable bonds is 1. The van der Waals surface area contributed by atoms with Crippen molar-refractivity contribution in [3.63, 3.8) is 0 Å². The third-order valence-electron chi connectivity index (χ3n) is 1.79. The predicted octanol–water partition coefficient (Wildman–Crippen LogP) is -4.17. The van der Waals surface area contributed by atoms with Crippen molar-refractivity contribution in [3.05, 3.63) is 0 Å². The molecule has 1 rings (SSSR count). The molecule has 1 atom stereocenters. The summed E-state index contributed by atoms with van der Waals surface area (Å²) in [4.78, 5) is 12.1. The summed E-state index contributed by atoms with van der Waals surface area (Å²) < 4.78 is 0. The van der Waals surface area contributed by atoms with Crippen LogP contribution in [0.5, 0.6) is 0 Å². The fourth-order valence-electron chi connectivity index (χ4n) is 1.21. The second-order valence-corrected chi connectivity index (χ2v) is 2.46. The largest absolute Gasteiger partial charge is 1.00 e. The molecule has 0 bridgehead atoms. The maximum atomic E-state index is 10.3. The zero-order chi connectivity index (χ0) is 6.85. The molecule has 0 saturated carbocycles. The molecule has 0 spiro atoms. The Morgan fingerprint density at radius 3 is 2.50 bits per heavy atom. The number of hydrogen-bond donors (Lipinski definition) is 0. The predicted molar refractivity (Wildman–Crippen MR) is 30.7 cm³/mol. The summed E-state index contributed by atoms with van der Waals surface area (Å²) in [7, 11) is 1.81. The molecule has 0 radical (unpaired) electrons. The van der Waals surface area contributed by atoms with Crippen molar-refractivity contribution in [1.82, 2.24) is 4.90 Å². The molecule has 3 nitrogen and oxygen atoms in total. The van der Waals surface area contributed by atoms with Crippen molar-refractivity contribution in [2.45, 2.75) is 18.9 Å². The summed E-state index contributed by atoms with van der Waals surface area (Å²) in [5, 5.41) is 10.3. The Morgan fingerprint density at radius 1 is 1.70 bits per heavy atom. The van der Waals surface area contributed by atoms with Gasteiger partial charge in [0.1, 0.15) is 0 Å². The number of aliphatic carboxylic acids is 1. The van der Waals surface area contributed by atoms with Crippen LogP contribution in [0.2, 0.25) is 0 Å².